The van der Waals surface area contributed by atoms with Crippen LogP contribution in [0.2, 0.25) is 5.02 Å². The first-order valence-electron chi connectivity index (χ1n) is 10.1. The van der Waals surface area contributed by atoms with E-state index in [-0.39, 0.29) is 18.0 Å². The van der Waals surface area contributed by atoms with Crippen LogP contribution in [0.4, 0.5) is 16.2 Å². The molecule has 0 aliphatic heterocycles. The van der Waals surface area contributed by atoms with Crippen molar-refractivity contribution in [3.8, 4) is 0 Å². The van der Waals surface area contributed by atoms with Gasteiger partial charge in [0, 0.05) is 44.6 Å². The largest absolute Gasteiger partial charge is 0.377 e. The molecule has 6 nitrogen and oxygen atoms in total. The normalized spacial score (nSPS) is 10.6. The second-order valence-corrected chi connectivity index (χ2v) is 8.10. The Bertz CT molecular complexity index is 883. The van der Waals surface area contributed by atoms with Gasteiger partial charge >= 0.3 is 6.03 Å². The second-order valence-electron chi connectivity index (χ2n) is 7.70. The first kappa shape index (κ1) is 23.5. The highest BCUT2D eigenvalue weighted by Gasteiger charge is 2.20. The molecule has 0 atom stereocenters. The van der Waals surface area contributed by atoms with Crippen LogP contribution in [-0.4, -0.2) is 43.5 Å². The third kappa shape index (κ3) is 6.39. The molecular weight excluding hydrogens is 400 g/mol. The molecule has 2 aromatic rings. The third-order valence-electron chi connectivity index (χ3n) is 4.49. The standard InChI is InChI=1S/C23H31ClN4O2/c1-6-13-28(22(29)19-9-7-8-10-20(19)24)15-17-14-18(11-12-21(17)27(4)5)26-23(30)25-16(2)3/h7-12,14,16H,6,13,15H2,1-5H3,(H2,25,26,30). The highest BCUT2D eigenvalue weighted by atomic mass is 35.5. The van der Waals surface area contributed by atoms with Gasteiger partial charge in [-0.3, -0.25) is 4.79 Å². The van der Waals surface area contributed by atoms with Crippen LogP contribution < -0.4 is 15.5 Å². The van der Waals surface area contributed by atoms with Crippen molar-refractivity contribution in [2.45, 2.75) is 39.8 Å². The smallest absolute Gasteiger partial charge is 0.319 e. The maximum Gasteiger partial charge on any atom is 0.319 e. The Morgan fingerprint density at radius 1 is 1.10 bits per heavy atom. The molecule has 2 N–H and O–H groups in total. The minimum absolute atomic E-state index is 0.0406. The summed E-state index contributed by atoms with van der Waals surface area (Å²) in [6.45, 7) is 6.86. The van der Waals surface area contributed by atoms with Gasteiger partial charge in [-0.2, -0.15) is 0 Å². The summed E-state index contributed by atoms with van der Waals surface area (Å²) in [6.07, 6.45) is 0.822. The van der Waals surface area contributed by atoms with Crippen LogP contribution in [0.5, 0.6) is 0 Å². The fourth-order valence-electron chi connectivity index (χ4n) is 3.19. The maximum absolute atomic E-state index is 13.2. The van der Waals surface area contributed by atoms with Crippen LogP contribution in [0.25, 0.3) is 0 Å². The Balaban J connectivity index is 2.33. The zero-order valence-corrected chi connectivity index (χ0v) is 19.1. The summed E-state index contributed by atoms with van der Waals surface area (Å²) in [7, 11) is 3.91. The summed E-state index contributed by atoms with van der Waals surface area (Å²) in [5, 5.41) is 6.12. The minimum atomic E-state index is -0.258. The molecule has 2 rings (SSSR count). The zero-order valence-electron chi connectivity index (χ0n) is 18.3. The van der Waals surface area contributed by atoms with Gasteiger partial charge in [-0.25, -0.2) is 4.79 Å². The van der Waals surface area contributed by atoms with Crippen molar-refractivity contribution in [3.05, 3.63) is 58.6 Å². The minimum Gasteiger partial charge on any atom is -0.377 e. The summed E-state index contributed by atoms with van der Waals surface area (Å²) < 4.78 is 0. The fraction of sp³-hybridized carbons (Fsp3) is 0.391. The molecule has 0 unspecified atom stereocenters. The SMILES string of the molecule is CCCN(Cc1cc(NC(=O)NC(C)C)ccc1N(C)C)C(=O)c1ccccc1Cl. The van der Waals surface area contributed by atoms with Gasteiger partial charge < -0.3 is 20.4 Å². The zero-order chi connectivity index (χ0) is 22.3. The van der Waals surface area contributed by atoms with Gasteiger partial charge in [-0.05, 0) is 56.2 Å². The van der Waals surface area contributed by atoms with Crippen molar-refractivity contribution in [1.82, 2.24) is 10.2 Å². The van der Waals surface area contributed by atoms with Crippen molar-refractivity contribution < 1.29 is 9.59 Å². The Kier molecular flexibility index (Phi) is 8.54. The molecule has 3 amide bonds. The second kappa shape index (κ2) is 10.9. The molecule has 0 spiro atoms. The number of hydrogen-bond donors (Lipinski definition) is 2. The number of carbonyl (C=O) groups is 2. The molecule has 0 aliphatic rings. The molecule has 2 aromatic carbocycles. The lowest BCUT2D eigenvalue weighted by molar-refractivity contribution is 0.0743. The van der Waals surface area contributed by atoms with Crippen molar-refractivity contribution in [2.24, 2.45) is 0 Å². The van der Waals surface area contributed by atoms with Crippen LogP contribution in [0.3, 0.4) is 0 Å². The highest BCUT2D eigenvalue weighted by molar-refractivity contribution is 6.33. The first-order valence-corrected chi connectivity index (χ1v) is 10.5. The van der Waals surface area contributed by atoms with Crippen LogP contribution in [0.15, 0.2) is 42.5 Å². The molecule has 0 bridgehead atoms. The number of rotatable bonds is 8. The summed E-state index contributed by atoms with van der Waals surface area (Å²) in [5.41, 5.74) is 3.09. The monoisotopic (exact) mass is 430 g/mol. The van der Waals surface area contributed by atoms with Gasteiger partial charge in [0.1, 0.15) is 0 Å². The molecule has 7 heteroatoms. The highest BCUT2D eigenvalue weighted by Crippen LogP contribution is 2.26. The molecule has 0 heterocycles. The van der Waals surface area contributed by atoms with E-state index in [9.17, 15) is 9.59 Å². The van der Waals surface area contributed by atoms with E-state index in [1.807, 2.05) is 70.1 Å². The van der Waals surface area contributed by atoms with Gasteiger partial charge in [0.25, 0.3) is 5.91 Å². The quantitative estimate of drug-likeness (QED) is 0.620. The number of nitrogens with zero attached hydrogens (tertiary/aromatic N) is 2. The number of nitrogens with one attached hydrogen (secondary N) is 2. The topological polar surface area (TPSA) is 64.7 Å². The Morgan fingerprint density at radius 3 is 2.40 bits per heavy atom. The number of anilines is 2. The number of urea groups is 1. The summed E-state index contributed by atoms with van der Waals surface area (Å²) in [5.74, 6) is -0.108. The summed E-state index contributed by atoms with van der Waals surface area (Å²) in [4.78, 5) is 29.1. The van der Waals surface area contributed by atoms with E-state index < -0.39 is 0 Å². The number of hydrogen-bond acceptors (Lipinski definition) is 3. The van der Waals surface area contributed by atoms with E-state index >= 15 is 0 Å². The first-order chi connectivity index (χ1) is 14.2. The molecule has 0 aromatic heterocycles. The fourth-order valence-corrected chi connectivity index (χ4v) is 3.41. The van der Waals surface area contributed by atoms with E-state index in [0.717, 1.165) is 17.7 Å². The number of halogens is 1. The Labute approximate surface area is 184 Å². The van der Waals surface area contributed by atoms with E-state index in [0.29, 0.717) is 29.4 Å². The van der Waals surface area contributed by atoms with Crippen LogP contribution in [0, 0.1) is 0 Å². The van der Waals surface area contributed by atoms with Crippen molar-refractivity contribution >= 4 is 34.9 Å². The van der Waals surface area contributed by atoms with Crippen molar-refractivity contribution in [2.75, 3.05) is 30.9 Å². The van der Waals surface area contributed by atoms with Gasteiger partial charge in [-0.1, -0.05) is 30.7 Å². The van der Waals surface area contributed by atoms with Crippen LogP contribution in [0.1, 0.15) is 43.1 Å². The van der Waals surface area contributed by atoms with E-state index in [1.54, 1.807) is 17.0 Å². The van der Waals surface area contributed by atoms with E-state index in [4.69, 9.17) is 11.6 Å². The lowest BCUT2D eigenvalue weighted by Crippen LogP contribution is -2.34. The number of benzene rings is 2. The molecule has 0 fully saturated rings. The average molecular weight is 431 g/mol. The maximum atomic E-state index is 13.2. The van der Waals surface area contributed by atoms with E-state index in [1.165, 1.54) is 0 Å². The van der Waals surface area contributed by atoms with Gasteiger partial charge in [-0.15, -0.1) is 0 Å². The lowest BCUT2D eigenvalue weighted by Gasteiger charge is -2.26. The molecule has 0 saturated carbocycles. The van der Waals surface area contributed by atoms with Crippen molar-refractivity contribution in [1.29, 1.82) is 0 Å². The predicted octanol–water partition coefficient (Wildman–Crippen LogP) is 4.99. The Hall–Kier alpha value is -2.73. The average Bonchev–Trinajstić information content (AvgIpc) is 2.66. The van der Waals surface area contributed by atoms with Gasteiger partial charge in [0.05, 0.1) is 10.6 Å². The number of carbonyl (C=O) groups excluding carboxylic acids is 2. The molecule has 0 saturated heterocycles. The third-order valence-corrected chi connectivity index (χ3v) is 4.81. The van der Waals surface area contributed by atoms with Gasteiger partial charge in [0.2, 0.25) is 0 Å². The van der Waals surface area contributed by atoms with Crippen LogP contribution >= 0.6 is 11.6 Å². The lowest BCUT2D eigenvalue weighted by atomic mass is 10.1. The Morgan fingerprint density at radius 2 is 1.80 bits per heavy atom. The molecule has 0 radical (unpaired) electrons. The molecule has 30 heavy (non-hydrogen) atoms. The molecule has 162 valence electrons. The van der Waals surface area contributed by atoms with Crippen LogP contribution in [-0.2, 0) is 6.54 Å². The molecule has 0 aliphatic carbocycles. The van der Waals surface area contributed by atoms with Gasteiger partial charge in [0.15, 0.2) is 0 Å². The predicted molar refractivity (Wildman–Crippen MR) is 125 cm³/mol. The van der Waals surface area contributed by atoms with E-state index in [2.05, 4.69) is 10.6 Å². The number of amides is 3. The molecular formula is C23H31ClN4O2. The van der Waals surface area contributed by atoms with Crippen molar-refractivity contribution in [3.63, 3.8) is 0 Å². The summed E-state index contributed by atoms with van der Waals surface area (Å²) >= 11 is 6.26. The summed E-state index contributed by atoms with van der Waals surface area (Å²) in [6, 6.07) is 12.6.